The van der Waals surface area contributed by atoms with E-state index in [1.54, 1.807) is 23.2 Å². The lowest BCUT2D eigenvalue weighted by molar-refractivity contribution is 0.249. The van der Waals surface area contributed by atoms with E-state index in [0.717, 1.165) is 34.6 Å². The van der Waals surface area contributed by atoms with Gasteiger partial charge in [-0.05, 0) is 24.3 Å². The van der Waals surface area contributed by atoms with Crippen molar-refractivity contribution in [3.8, 4) is 0 Å². The molecule has 2 N–H and O–H groups in total. The minimum atomic E-state index is -0.203. The molecule has 0 radical (unpaired) electrons. The first-order valence-corrected chi connectivity index (χ1v) is 9.06. The van der Waals surface area contributed by atoms with Crippen LogP contribution in [0.1, 0.15) is 6.42 Å². The highest BCUT2D eigenvalue weighted by molar-refractivity contribution is 7.99. The molecule has 1 atom stereocenters. The molecule has 0 bridgehead atoms. The average molecular weight is 349 g/mol. The molecule has 2 aromatic rings. The van der Waals surface area contributed by atoms with E-state index in [1.807, 2.05) is 42.9 Å². The Hall–Kier alpha value is -2.09. The second-order valence-electron chi connectivity index (χ2n) is 6.31. The van der Waals surface area contributed by atoms with Gasteiger partial charge >= 0.3 is 11.7 Å². The van der Waals surface area contributed by atoms with Gasteiger partial charge in [0.05, 0.1) is 22.4 Å². The van der Waals surface area contributed by atoms with Crippen molar-refractivity contribution in [1.82, 2.24) is 14.5 Å². The summed E-state index contributed by atoms with van der Waals surface area (Å²) in [6, 6.07) is 3.81. The fourth-order valence-electron chi connectivity index (χ4n) is 3.00. The van der Waals surface area contributed by atoms with Gasteiger partial charge in [0.1, 0.15) is 0 Å². The first-order chi connectivity index (χ1) is 11.4. The number of hydrogen-bond donors (Lipinski definition) is 2. The van der Waals surface area contributed by atoms with Crippen molar-refractivity contribution in [3.05, 3.63) is 22.6 Å². The Kier molecular flexibility index (Phi) is 4.49. The molecule has 1 aromatic heterocycles. The van der Waals surface area contributed by atoms with E-state index in [9.17, 15) is 9.59 Å². The standard InChI is InChI=1S/C16H23N5O2S/c1-19(2)12-8-14-13(20(3)16(23)21(14)4)7-11(12)18-15(22)17-10-5-6-24-9-10/h7-8,10H,5-6,9H2,1-4H3,(H2,17,18,22). The van der Waals surface area contributed by atoms with Crippen molar-refractivity contribution >= 4 is 40.2 Å². The van der Waals surface area contributed by atoms with Crippen molar-refractivity contribution in [3.63, 3.8) is 0 Å². The Morgan fingerprint density at radius 3 is 2.50 bits per heavy atom. The number of imidazole rings is 1. The lowest BCUT2D eigenvalue weighted by Gasteiger charge is -2.20. The van der Waals surface area contributed by atoms with Crippen molar-refractivity contribution in [1.29, 1.82) is 0 Å². The second kappa shape index (κ2) is 6.43. The molecule has 0 aliphatic carbocycles. The highest BCUT2D eigenvalue weighted by atomic mass is 32.2. The van der Waals surface area contributed by atoms with Crippen molar-refractivity contribution in [2.75, 3.05) is 35.8 Å². The number of aryl methyl sites for hydroxylation is 2. The largest absolute Gasteiger partial charge is 0.376 e. The monoisotopic (exact) mass is 349 g/mol. The van der Waals surface area contributed by atoms with E-state index in [2.05, 4.69) is 10.6 Å². The fraction of sp³-hybridized carbons (Fsp3) is 0.500. The summed E-state index contributed by atoms with van der Waals surface area (Å²) in [5, 5.41) is 5.95. The van der Waals surface area contributed by atoms with Crippen LogP contribution in [0.25, 0.3) is 11.0 Å². The predicted octanol–water partition coefficient (Wildman–Crippen LogP) is 1.57. The van der Waals surface area contributed by atoms with E-state index in [4.69, 9.17) is 0 Å². The van der Waals surface area contributed by atoms with Crippen molar-refractivity contribution in [2.45, 2.75) is 12.5 Å². The number of thioether (sulfide) groups is 1. The van der Waals surface area contributed by atoms with Crippen LogP contribution in [-0.2, 0) is 14.1 Å². The third-order valence-electron chi connectivity index (χ3n) is 4.38. The zero-order valence-electron chi connectivity index (χ0n) is 14.4. The number of hydrogen-bond acceptors (Lipinski definition) is 4. The summed E-state index contributed by atoms with van der Waals surface area (Å²) in [6.07, 6.45) is 1.00. The van der Waals surface area contributed by atoms with Gasteiger partial charge in [0.25, 0.3) is 0 Å². The van der Waals surface area contributed by atoms with Crippen LogP contribution in [0.2, 0.25) is 0 Å². The van der Waals surface area contributed by atoms with Gasteiger partial charge in [-0.3, -0.25) is 9.13 Å². The minimum Gasteiger partial charge on any atom is -0.376 e. The summed E-state index contributed by atoms with van der Waals surface area (Å²) >= 11 is 1.86. The first kappa shape index (κ1) is 16.8. The van der Waals surface area contributed by atoms with E-state index in [-0.39, 0.29) is 17.8 Å². The Balaban J connectivity index is 1.96. The number of urea groups is 1. The molecule has 0 saturated carbocycles. The third-order valence-corrected chi connectivity index (χ3v) is 5.55. The first-order valence-electron chi connectivity index (χ1n) is 7.90. The molecule has 1 aliphatic rings. The lowest BCUT2D eigenvalue weighted by Crippen LogP contribution is -2.38. The summed E-state index contributed by atoms with van der Waals surface area (Å²) < 4.78 is 3.20. The third kappa shape index (κ3) is 2.98. The number of nitrogens with zero attached hydrogens (tertiary/aromatic N) is 3. The molecule has 130 valence electrons. The van der Waals surface area contributed by atoms with Crippen LogP contribution in [0, 0.1) is 0 Å². The molecule has 2 heterocycles. The van der Waals surface area contributed by atoms with Crippen LogP contribution >= 0.6 is 11.8 Å². The van der Waals surface area contributed by atoms with Gasteiger partial charge in [0.15, 0.2) is 0 Å². The van der Waals surface area contributed by atoms with Gasteiger partial charge in [-0.25, -0.2) is 9.59 Å². The number of aromatic nitrogens is 2. The maximum atomic E-state index is 12.3. The van der Waals surface area contributed by atoms with E-state index < -0.39 is 0 Å². The molecule has 1 aliphatic heterocycles. The maximum absolute atomic E-state index is 12.3. The van der Waals surface area contributed by atoms with E-state index >= 15 is 0 Å². The number of carbonyl (C=O) groups excluding carboxylic acids is 1. The molecule has 7 nitrogen and oxygen atoms in total. The van der Waals surface area contributed by atoms with Crippen molar-refractivity contribution in [2.24, 2.45) is 14.1 Å². The Bertz CT molecular complexity index is 833. The zero-order chi connectivity index (χ0) is 17.4. The fourth-order valence-corrected chi connectivity index (χ4v) is 4.15. The van der Waals surface area contributed by atoms with Crippen LogP contribution in [0.15, 0.2) is 16.9 Å². The predicted molar refractivity (Wildman–Crippen MR) is 100 cm³/mol. The lowest BCUT2D eigenvalue weighted by atomic mass is 10.2. The van der Waals surface area contributed by atoms with Gasteiger partial charge in [-0.2, -0.15) is 11.8 Å². The minimum absolute atomic E-state index is 0.0840. The number of fused-ring (bicyclic) bond motifs is 1. The van der Waals surface area contributed by atoms with Crippen LogP contribution in [0.5, 0.6) is 0 Å². The maximum Gasteiger partial charge on any atom is 0.328 e. The SMILES string of the molecule is CN(C)c1cc2c(cc1NC(=O)NC1CCSC1)n(C)c(=O)n2C. The number of amides is 2. The van der Waals surface area contributed by atoms with Gasteiger partial charge in [0, 0.05) is 40.0 Å². The molecular weight excluding hydrogens is 326 g/mol. The zero-order valence-corrected chi connectivity index (χ0v) is 15.2. The Morgan fingerprint density at radius 2 is 1.92 bits per heavy atom. The van der Waals surface area contributed by atoms with Crippen molar-refractivity contribution < 1.29 is 4.79 Å². The van der Waals surface area contributed by atoms with Crippen LogP contribution < -0.4 is 21.2 Å². The van der Waals surface area contributed by atoms with E-state index in [0.29, 0.717) is 5.69 Å². The molecule has 0 spiro atoms. The summed E-state index contributed by atoms with van der Waals surface area (Å²) in [6.45, 7) is 0. The van der Waals surface area contributed by atoms with Crippen LogP contribution in [0.4, 0.5) is 16.2 Å². The van der Waals surface area contributed by atoms with Gasteiger partial charge in [-0.15, -0.1) is 0 Å². The molecule has 2 amide bonds. The van der Waals surface area contributed by atoms with Gasteiger partial charge < -0.3 is 15.5 Å². The summed E-state index contributed by atoms with van der Waals surface area (Å²) in [4.78, 5) is 26.4. The highest BCUT2D eigenvalue weighted by Crippen LogP contribution is 2.29. The molecule has 1 fully saturated rings. The molecule has 8 heteroatoms. The number of carbonyl (C=O) groups is 1. The number of rotatable bonds is 3. The van der Waals surface area contributed by atoms with Gasteiger partial charge in [0.2, 0.25) is 0 Å². The number of anilines is 2. The number of benzene rings is 1. The smallest absolute Gasteiger partial charge is 0.328 e. The molecule has 1 aromatic carbocycles. The molecule has 1 unspecified atom stereocenters. The summed E-state index contributed by atoms with van der Waals surface area (Å²) in [5.41, 5.74) is 3.10. The molecule has 3 rings (SSSR count). The summed E-state index contributed by atoms with van der Waals surface area (Å²) in [5.74, 6) is 2.05. The normalized spacial score (nSPS) is 17.2. The quantitative estimate of drug-likeness (QED) is 0.882. The Labute approximate surface area is 145 Å². The van der Waals surface area contributed by atoms with Gasteiger partial charge in [-0.1, -0.05) is 0 Å². The molecule has 1 saturated heterocycles. The second-order valence-corrected chi connectivity index (χ2v) is 7.46. The molecular formula is C16H23N5O2S. The Morgan fingerprint density at radius 1 is 1.25 bits per heavy atom. The topological polar surface area (TPSA) is 71.3 Å². The molecule has 24 heavy (non-hydrogen) atoms. The average Bonchev–Trinajstić information content (AvgIpc) is 3.10. The summed E-state index contributed by atoms with van der Waals surface area (Å²) in [7, 11) is 7.32. The number of nitrogens with one attached hydrogen (secondary N) is 2. The highest BCUT2D eigenvalue weighted by Gasteiger charge is 2.19. The van der Waals surface area contributed by atoms with Crippen LogP contribution in [0.3, 0.4) is 0 Å². The van der Waals surface area contributed by atoms with Crippen LogP contribution in [-0.4, -0.2) is 46.8 Å². The van der Waals surface area contributed by atoms with E-state index in [1.165, 1.54) is 0 Å².